The second kappa shape index (κ2) is 3.40. The summed E-state index contributed by atoms with van der Waals surface area (Å²) in [7, 11) is 2.81. The molecular weight excluding hydrogens is 224 g/mol. The first-order valence-electron chi connectivity index (χ1n) is 5.67. The van der Waals surface area contributed by atoms with Crippen molar-refractivity contribution in [3.05, 3.63) is 11.6 Å². The highest BCUT2D eigenvalue weighted by Crippen LogP contribution is 2.54. The highest BCUT2D eigenvalue weighted by molar-refractivity contribution is 6.03. The molecule has 4 unspecified atom stereocenters. The van der Waals surface area contributed by atoms with Gasteiger partial charge in [-0.1, -0.05) is 6.08 Å². The SMILES string of the molecule is COC(=O)C1=CC2C3COC2(OC)C(=O)C1C3. The molecule has 0 amide bonds. The predicted octanol–water partition coefficient (Wildman–Crippen LogP) is 0.294. The van der Waals surface area contributed by atoms with Gasteiger partial charge in [-0.3, -0.25) is 4.79 Å². The summed E-state index contributed by atoms with van der Waals surface area (Å²) in [5.41, 5.74) is 0.469. The van der Waals surface area contributed by atoms with Crippen LogP contribution in [0.1, 0.15) is 6.42 Å². The number of ketones is 1. The molecular formula is C12H14O5. The largest absolute Gasteiger partial charge is 0.466 e. The van der Waals surface area contributed by atoms with E-state index in [1.165, 1.54) is 14.2 Å². The van der Waals surface area contributed by atoms with Crippen LogP contribution >= 0.6 is 0 Å². The number of hydrogen-bond acceptors (Lipinski definition) is 5. The van der Waals surface area contributed by atoms with Crippen LogP contribution < -0.4 is 0 Å². The summed E-state index contributed by atoms with van der Waals surface area (Å²) in [4.78, 5) is 23.9. The predicted molar refractivity (Wildman–Crippen MR) is 55.9 cm³/mol. The molecule has 0 spiro atoms. The van der Waals surface area contributed by atoms with Crippen molar-refractivity contribution < 1.29 is 23.8 Å². The summed E-state index contributed by atoms with van der Waals surface area (Å²) in [6, 6.07) is 0. The van der Waals surface area contributed by atoms with E-state index in [9.17, 15) is 9.59 Å². The smallest absolute Gasteiger partial charge is 0.334 e. The van der Waals surface area contributed by atoms with Gasteiger partial charge in [0.15, 0.2) is 5.78 Å². The van der Waals surface area contributed by atoms with Gasteiger partial charge in [-0.05, 0) is 12.3 Å². The molecule has 4 atom stereocenters. The van der Waals surface area contributed by atoms with Gasteiger partial charge < -0.3 is 14.2 Å². The summed E-state index contributed by atoms with van der Waals surface area (Å²) in [6.45, 7) is 0.520. The third-order valence-electron chi connectivity index (χ3n) is 4.12. The van der Waals surface area contributed by atoms with Gasteiger partial charge in [0, 0.05) is 18.6 Å². The molecule has 4 aliphatic rings. The number of rotatable bonds is 2. The Morgan fingerprint density at radius 2 is 2.29 bits per heavy atom. The average molecular weight is 238 g/mol. The second-order valence-electron chi connectivity index (χ2n) is 4.73. The standard InChI is InChI=1S/C12H14O5/c1-15-11(14)8-4-9-6-3-7(8)10(13)12(9,16-2)17-5-6/h4,6-7,9H,3,5H2,1-2H3. The van der Waals surface area contributed by atoms with Crippen molar-refractivity contribution in [2.24, 2.45) is 17.8 Å². The fourth-order valence-electron chi connectivity index (χ4n) is 3.29. The molecule has 1 heterocycles. The molecule has 17 heavy (non-hydrogen) atoms. The van der Waals surface area contributed by atoms with Crippen LogP contribution in [-0.4, -0.2) is 38.4 Å². The molecule has 2 fully saturated rings. The van der Waals surface area contributed by atoms with Crippen molar-refractivity contribution in [3.63, 3.8) is 0 Å². The Balaban J connectivity index is 2.07. The molecule has 0 aromatic carbocycles. The zero-order valence-electron chi connectivity index (χ0n) is 9.76. The fraction of sp³-hybridized carbons (Fsp3) is 0.667. The topological polar surface area (TPSA) is 61.8 Å². The number of carbonyl (C=O) groups excluding carboxylic acids is 2. The molecule has 0 radical (unpaired) electrons. The first-order valence-corrected chi connectivity index (χ1v) is 5.67. The molecule has 1 aliphatic heterocycles. The molecule has 92 valence electrons. The maximum atomic E-state index is 12.3. The molecule has 4 bridgehead atoms. The zero-order chi connectivity index (χ0) is 12.2. The van der Waals surface area contributed by atoms with Crippen LogP contribution in [0.4, 0.5) is 0 Å². The van der Waals surface area contributed by atoms with Gasteiger partial charge >= 0.3 is 5.97 Å². The van der Waals surface area contributed by atoms with E-state index in [-0.39, 0.29) is 17.6 Å². The number of hydrogen-bond donors (Lipinski definition) is 0. The van der Waals surface area contributed by atoms with E-state index in [1.54, 1.807) is 0 Å². The minimum atomic E-state index is -1.15. The maximum Gasteiger partial charge on any atom is 0.334 e. The summed E-state index contributed by atoms with van der Waals surface area (Å²) < 4.78 is 15.6. The summed E-state index contributed by atoms with van der Waals surface area (Å²) in [5, 5.41) is 0. The van der Waals surface area contributed by atoms with E-state index in [0.717, 1.165) is 0 Å². The molecule has 0 N–H and O–H groups in total. The molecule has 5 nitrogen and oxygen atoms in total. The fourth-order valence-corrected chi connectivity index (χ4v) is 3.29. The lowest BCUT2D eigenvalue weighted by molar-refractivity contribution is -0.215. The van der Waals surface area contributed by atoms with Crippen molar-refractivity contribution in [1.29, 1.82) is 0 Å². The molecule has 4 rings (SSSR count). The van der Waals surface area contributed by atoms with Crippen LogP contribution in [0.3, 0.4) is 0 Å². The first kappa shape index (κ1) is 10.9. The molecule has 5 heteroatoms. The Morgan fingerprint density at radius 1 is 1.53 bits per heavy atom. The molecule has 0 aromatic rings. The molecule has 1 saturated heterocycles. The van der Waals surface area contributed by atoms with Gasteiger partial charge in [-0.15, -0.1) is 0 Å². The summed E-state index contributed by atoms with van der Waals surface area (Å²) in [5.74, 6) is -2.02. The maximum absolute atomic E-state index is 12.3. The Kier molecular flexibility index (Phi) is 2.18. The lowest BCUT2D eigenvalue weighted by Crippen LogP contribution is -2.56. The lowest BCUT2D eigenvalue weighted by Gasteiger charge is -2.43. The van der Waals surface area contributed by atoms with Crippen molar-refractivity contribution in [1.82, 2.24) is 0 Å². The second-order valence-corrected chi connectivity index (χ2v) is 4.73. The lowest BCUT2D eigenvalue weighted by atomic mass is 9.63. The molecule has 0 aromatic heterocycles. The van der Waals surface area contributed by atoms with Crippen LogP contribution in [0.2, 0.25) is 0 Å². The average Bonchev–Trinajstić information content (AvgIpc) is 2.68. The van der Waals surface area contributed by atoms with Crippen LogP contribution in [0.15, 0.2) is 11.6 Å². The van der Waals surface area contributed by atoms with E-state index in [2.05, 4.69) is 0 Å². The Hall–Kier alpha value is -1.20. The number of carbonyl (C=O) groups is 2. The van der Waals surface area contributed by atoms with Gasteiger partial charge in [-0.2, -0.15) is 0 Å². The van der Waals surface area contributed by atoms with Crippen LogP contribution in [0.5, 0.6) is 0 Å². The number of esters is 1. The normalized spacial score (nSPS) is 42.6. The van der Waals surface area contributed by atoms with Crippen LogP contribution in [0, 0.1) is 17.8 Å². The Morgan fingerprint density at radius 3 is 2.94 bits per heavy atom. The molecule has 3 aliphatic carbocycles. The van der Waals surface area contributed by atoms with E-state index in [0.29, 0.717) is 18.6 Å². The van der Waals surface area contributed by atoms with Gasteiger partial charge in [0.1, 0.15) is 0 Å². The zero-order valence-corrected chi connectivity index (χ0v) is 9.76. The van der Waals surface area contributed by atoms with Gasteiger partial charge in [-0.25, -0.2) is 4.79 Å². The highest BCUT2D eigenvalue weighted by Gasteiger charge is 2.65. The molecule has 1 saturated carbocycles. The van der Waals surface area contributed by atoms with Gasteiger partial charge in [0.2, 0.25) is 5.79 Å². The third kappa shape index (κ3) is 1.16. The van der Waals surface area contributed by atoms with Crippen molar-refractivity contribution in [3.8, 4) is 0 Å². The quantitative estimate of drug-likeness (QED) is 0.647. The monoisotopic (exact) mass is 238 g/mol. The van der Waals surface area contributed by atoms with E-state index >= 15 is 0 Å². The minimum Gasteiger partial charge on any atom is -0.466 e. The number of methoxy groups -OCH3 is 2. The van der Waals surface area contributed by atoms with Gasteiger partial charge in [0.25, 0.3) is 0 Å². The number of ether oxygens (including phenoxy) is 3. The van der Waals surface area contributed by atoms with Crippen LogP contribution in [0.25, 0.3) is 0 Å². The summed E-state index contributed by atoms with van der Waals surface area (Å²) in [6.07, 6.45) is 2.47. The first-order chi connectivity index (χ1) is 8.14. The van der Waals surface area contributed by atoms with Gasteiger partial charge in [0.05, 0.1) is 19.6 Å². The van der Waals surface area contributed by atoms with E-state index in [1.807, 2.05) is 6.08 Å². The van der Waals surface area contributed by atoms with E-state index < -0.39 is 17.7 Å². The summed E-state index contributed by atoms with van der Waals surface area (Å²) >= 11 is 0. The van der Waals surface area contributed by atoms with Crippen molar-refractivity contribution in [2.45, 2.75) is 12.2 Å². The van der Waals surface area contributed by atoms with Crippen LogP contribution in [-0.2, 0) is 23.8 Å². The third-order valence-corrected chi connectivity index (χ3v) is 4.12. The minimum absolute atomic E-state index is 0.137. The number of Topliss-reactive ketones (excluding diaryl/α,β-unsaturated/α-hetero) is 1. The highest BCUT2D eigenvalue weighted by atomic mass is 16.7. The Labute approximate surface area is 98.7 Å². The Bertz CT molecular complexity index is 427. The van der Waals surface area contributed by atoms with E-state index in [4.69, 9.17) is 14.2 Å². The van der Waals surface area contributed by atoms with Crippen molar-refractivity contribution in [2.75, 3.05) is 20.8 Å². The van der Waals surface area contributed by atoms with Crippen molar-refractivity contribution >= 4 is 11.8 Å².